The third-order valence-electron chi connectivity index (χ3n) is 5.36. The monoisotopic (exact) mass is 535 g/mol. The van der Waals surface area contributed by atoms with E-state index in [1.54, 1.807) is 35.9 Å². The molecule has 2 radical (unpaired) electrons. The number of hydrogen-bond donors (Lipinski definition) is 3. The first kappa shape index (κ1) is 22.4. The molecule has 4 heterocycles. The first-order chi connectivity index (χ1) is 15.8. The number of aromatic nitrogens is 4. The summed E-state index contributed by atoms with van der Waals surface area (Å²) in [5, 5.41) is 2.96. The third kappa shape index (κ3) is 3.96. The minimum atomic E-state index is -3.61. The third-order valence-corrected chi connectivity index (χ3v) is 6.98. The van der Waals surface area contributed by atoms with Gasteiger partial charge in [0.1, 0.15) is 19.0 Å². The maximum atomic E-state index is 13.2. The number of nitrogens with zero attached hydrogens (tertiary/aromatic N) is 4. The van der Waals surface area contributed by atoms with E-state index in [0.717, 1.165) is 0 Å². The summed E-state index contributed by atoms with van der Waals surface area (Å²) in [4.78, 5) is 36.0. The van der Waals surface area contributed by atoms with E-state index in [1.165, 1.54) is 6.33 Å². The molecule has 0 spiro atoms. The average molecular weight is 536 g/mol. The molecule has 1 aromatic carbocycles. The Hall–Kier alpha value is -2.35. The number of esters is 1. The number of benzene rings is 1. The first-order valence-corrected chi connectivity index (χ1v) is 12.2. The normalized spacial score (nSPS) is 29.1. The van der Waals surface area contributed by atoms with Gasteiger partial charge >= 0.3 is 21.4 Å². The highest BCUT2D eigenvalue weighted by molar-refractivity contribution is 9.10. The molecular weight excluding hydrogens is 518 g/mol. The Morgan fingerprint density at radius 1 is 1.42 bits per heavy atom. The fraction of sp³-hybridized carbons (Fsp3) is 0.333. The van der Waals surface area contributed by atoms with Crippen LogP contribution in [0.5, 0.6) is 0 Å². The molecule has 2 saturated heterocycles. The number of para-hydroxylation sites is 1. The number of fused-ring (bicyclic) bond motifs is 2. The number of rotatable bonds is 4. The van der Waals surface area contributed by atoms with Crippen molar-refractivity contribution in [1.29, 1.82) is 0 Å². The molecule has 2 fully saturated rings. The largest absolute Gasteiger partial charge is 0.488 e. The fourth-order valence-electron chi connectivity index (χ4n) is 3.88. The van der Waals surface area contributed by atoms with Gasteiger partial charge in [0.25, 0.3) is 0 Å². The lowest BCUT2D eigenvalue weighted by Gasteiger charge is -2.29. The van der Waals surface area contributed by atoms with Crippen LogP contribution in [0.2, 0.25) is 0 Å². The van der Waals surface area contributed by atoms with Gasteiger partial charge in [-0.3, -0.25) is 4.57 Å². The highest BCUT2D eigenvalue weighted by Crippen LogP contribution is 2.59. The van der Waals surface area contributed by atoms with E-state index in [0.29, 0.717) is 27.1 Å². The molecule has 0 saturated carbocycles. The van der Waals surface area contributed by atoms with Crippen LogP contribution in [0.1, 0.15) is 16.6 Å². The van der Waals surface area contributed by atoms with Gasteiger partial charge in [0.15, 0.2) is 40.2 Å². The van der Waals surface area contributed by atoms with Gasteiger partial charge in [-0.1, -0.05) is 12.1 Å². The number of nitrogen functional groups attached to an aromatic ring is 1. The lowest BCUT2D eigenvalue weighted by atomic mass is 10.1. The van der Waals surface area contributed by atoms with Gasteiger partial charge < -0.3 is 20.5 Å². The zero-order chi connectivity index (χ0) is 23.3. The van der Waals surface area contributed by atoms with Crippen molar-refractivity contribution in [2.75, 3.05) is 24.7 Å². The topological polar surface area (TPSA) is 156 Å². The summed E-state index contributed by atoms with van der Waals surface area (Å²) in [6.45, 7) is -0.0511. The molecule has 15 heteroatoms. The van der Waals surface area contributed by atoms with Gasteiger partial charge in [0, 0.05) is 12.7 Å². The Labute approximate surface area is 197 Å². The van der Waals surface area contributed by atoms with Crippen molar-refractivity contribution in [2.45, 2.75) is 24.5 Å². The van der Waals surface area contributed by atoms with Crippen LogP contribution in [0.15, 0.2) is 35.3 Å². The predicted molar refractivity (Wildman–Crippen MR) is 122 cm³/mol. The smallest absolute Gasteiger partial charge is 0.451 e. The van der Waals surface area contributed by atoms with Gasteiger partial charge in [-0.15, -0.1) is 0 Å². The molecule has 4 N–H and O–H groups in total. The average Bonchev–Trinajstić information content (AvgIpc) is 3.30. The molecule has 5 rings (SSSR count). The molecule has 12 nitrogen and oxygen atoms in total. The van der Waals surface area contributed by atoms with E-state index < -0.39 is 38.3 Å². The molecule has 2 aromatic heterocycles. The Balaban J connectivity index is 1.56. The number of halogens is 1. The van der Waals surface area contributed by atoms with Gasteiger partial charge in [0.05, 0.1) is 5.56 Å². The number of nitrogens with one attached hydrogen (secondary N) is 1. The van der Waals surface area contributed by atoms with Gasteiger partial charge in [-0.05, 0) is 28.1 Å². The molecule has 5 atom stereocenters. The van der Waals surface area contributed by atoms with Crippen LogP contribution < -0.4 is 11.1 Å². The van der Waals surface area contributed by atoms with Gasteiger partial charge in [-0.25, -0.2) is 24.6 Å². The highest BCUT2D eigenvalue weighted by Gasteiger charge is 2.59. The molecular formula is C18H18BBrN6O6P+. The van der Waals surface area contributed by atoms with E-state index in [2.05, 4.69) is 36.2 Å². The number of nitrogens with two attached hydrogens (primary N) is 1. The lowest BCUT2D eigenvalue weighted by molar-refractivity contribution is -0.0619. The zero-order valence-electron chi connectivity index (χ0n) is 17.2. The van der Waals surface area contributed by atoms with Crippen molar-refractivity contribution in [2.24, 2.45) is 0 Å². The molecule has 2 aliphatic heterocycles. The summed E-state index contributed by atoms with van der Waals surface area (Å²) in [6.07, 6.45) is -2.27. The van der Waals surface area contributed by atoms with Crippen LogP contribution in [0.4, 0.5) is 11.5 Å². The highest BCUT2D eigenvalue weighted by atomic mass is 79.9. The summed E-state index contributed by atoms with van der Waals surface area (Å²) in [6, 6.07) is 6.89. The summed E-state index contributed by atoms with van der Waals surface area (Å²) >= 11 is 3.40. The van der Waals surface area contributed by atoms with E-state index in [9.17, 15) is 9.69 Å². The van der Waals surface area contributed by atoms with Crippen molar-refractivity contribution in [3.05, 3.63) is 40.9 Å². The van der Waals surface area contributed by atoms with E-state index in [-0.39, 0.29) is 12.4 Å². The SMILES string of the molecule is [B][P+]1(O)OC[C@H]2O[C@@H](n3c(Br)nc4c(N)ncnc43)[C@H](OC(=O)c3ccccc3NC)[C@@H]2O1. The minimum absolute atomic E-state index is 0.0511. The van der Waals surface area contributed by atoms with Crippen molar-refractivity contribution >= 4 is 60.0 Å². The number of imidazole rings is 1. The van der Waals surface area contributed by atoms with Crippen LogP contribution in [-0.4, -0.2) is 69.9 Å². The predicted octanol–water partition coefficient (Wildman–Crippen LogP) is 1.59. The van der Waals surface area contributed by atoms with Crippen LogP contribution in [0.3, 0.4) is 0 Å². The van der Waals surface area contributed by atoms with Crippen molar-refractivity contribution < 1.29 is 28.2 Å². The standard InChI is InChI=1S/C18H18BBrN6O6P/c1-22-9-5-3-2-4-8(9)17(27)31-13-12-10(6-29-33(19,28)32-12)30-16(13)26-15-11(25-18(26)20)14(21)23-7-24-15/h2-5,7,10,12-13,16,22,28H,6H2,1H3,(H2,21,23,24)/q+1/t10-,12-,13-,16-,33?/m1/s1. The van der Waals surface area contributed by atoms with Crippen LogP contribution in [0, 0.1) is 0 Å². The van der Waals surface area contributed by atoms with Crippen LogP contribution >= 0.6 is 23.8 Å². The molecule has 1 unspecified atom stereocenters. The molecule has 3 aromatic rings. The Morgan fingerprint density at radius 2 is 2.21 bits per heavy atom. The van der Waals surface area contributed by atoms with E-state index in [4.69, 9.17) is 31.8 Å². The molecule has 170 valence electrons. The summed E-state index contributed by atoms with van der Waals surface area (Å²) < 4.78 is 24.8. The Bertz CT molecular complexity index is 1230. The second-order valence-electron chi connectivity index (χ2n) is 7.34. The number of carbonyl (C=O) groups is 1. The number of ether oxygens (including phenoxy) is 2. The van der Waals surface area contributed by atoms with Gasteiger partial charge in [0.2, 0.25) is 0 Å². The molecule has 0 aliphatic carbocycles. The van der Waals surface area contributed by atoms with Gasteiger partial charge in [-0.2, -0.15) is 9.05 Å². The maximum absolute atomic E-state index is 13.2. The van der Waals surface area contributed by atoms with Crippen molar-refractivity contribution in [3.8, 4) is 0 Å². The lowest BCUT2D eigenvalue weighted by Crippen LogP contribution is -2.42. The Morgan fingerprint density at radius 3 is 3.00 bits per heavy atom. The van der Waals surface area contributed by atoms with Crippen molar-refractivity contribution in [3.63, 3.8) is 0 Å². The summed E-state index contributed by atoms with van der Waals surface area (Å²) in [5.41, 5.74) is 7.53. The molecule has 2 aliphatic rings. The quantitative estimate of drug-likeness (QED) is 0.193. The van der Waals surface area contributed by atoms with Crippen LogP contribution in [0.25, 0.3) is 11.2 Å². The van der Waals surface area contributed by atoms with E-state index >= 15 is 0 Å². The molecule has 33 heavy (non-hydrogen) atoms. The second kappa shape index (κ2) is 8.46. The first-order valence-electron chi connectivity index (χ1n) is 9.79. The fourth-order valence-corrected chi connectivity index (χ4v) is 5.45. The maximum Gasteiger partial charge on any atom is 0.488 e. The zero-order valence-corrected chi connectivity index (χ0v) is 19.6. The molecule has 0 bridgehead atoms. The number of hydrogen-bond acceptors (Lipinski definition) is 11. The van der Waals surface area contributed by atoms with Crippen molar-refractivity contribution in [1.82, 2.24) is 19.5 Å². The van der Waals surface area contributed by atoms with Crippen LogP contribution in [-0.2, 0) is 18.5 Å². The summed E-state index contributed by atoms with van der Waals surface area (Å²) in [5.74, 6) is -0.448. The molecule has 0 amide bonds. The minimum Gasteiger partial charge on any atom is -0.451 e. The van der Waals surface area contributed by atoms with E-state index in [1.807, 2.05) is 0 Å². The summed E-state index contributed by atoms with van der Waals surface area (Å²) in [7, 11) is 3.82. The second-order valence-corrected chi connectivity index (χ2v) is 9.65. The number of anilines is 2. The Kier molecular flexibility index (Phi) is 5.75. The number of carbonyl (C=O) groups excluding carboxylic acids is 1.